The summed E-state index contributed by atoms with van der Waals surface area (Å²) in [5.41, 5.74) is 8.40. The van der Waals surface area contributed by atoms with Gasteiger partial charge in [0.25, 0.3) is 11.8 Å². The van der Waals surface area contributed by atoms with Crippen LogP contribution in [-0.2, 0) is 17.8 Å². The number of rotatable bonds is 8. The Bertz CT molecular complexity index is 1280. The van der Waals surface area contributed by atoms with Crippen LogP contribution < -0.4 is 16.9 Å². The third-order valence-corrected chi connectivity index (χ3v) is 6.77. The summed E-state index contributed by atoms with van der Waals surface area (Å²) in [6, 6.07) is 6.77. The standard InChI is InChI=1S/C25H26Cl3N5O4/c1-13(2)19(29)11-33(30)12-20(25(36)37)31-23(34)21-18(27)9-15-10-32(8-7-17(15)22(21)28)24(35)14-3-5-16(26)6-4-14/h3-6,9,11,20H,1,7-8,10,12,29-30H2,2H3,(H,31,34)(H,36,37)/b19-11-/t20-/m0/s1. The van der Waals surface area contributed by atoms with Crippen LogP contribution in [-0.4, -0.2) is 51.9 Å². The van der Waals surface area contributed by atoms with Crippen LogP contribution in [0.4, 0.5) is 0 Å². The second-order valence-corrected chi connectivity index (χ2v) is 9.82. The van der Waals surface area contributed by atoms with E-state index in [9.17, 15) is 19.5 Å². The molecule has 1 atom stereocenters. The quantitative estimate of drug-likeness (QED) is 0.217. The molecule has 0 fully saturated rings. The van der Waals surface area contributed by atoms with Gasteiger partial charge in [-0.15, -0.1) is 0 Å². The first-order valence-corrected chi connectivity index (χ1v) is 12.2. The highest BCUT2D eigenvalue weighted by atomic mass is 35.5. The topological polar surface area (TPSA) is 142 Å². The van der Waals surface area contributed by atoms with E-state index in [2.05, 4.69) is 11.9 Å². The van der Waals surface area contributed by atoms with E-state index in [-0.39, 0.29) is 40.3 Å². The minimum absolute atomic E-state index is 0.0298. The number of hydrogen-bond acceptors (Lipinski definition) is 6. The maximum atomic E-state index is 13.1. The van der Waals surface area contributed by atoms with Gasteiger partial charge in [-0.2, -0.15) is 0 Å². The molecular weight excluding hydrogens is 541 g/mol. The Morgan fingerprint density at radius 3 is 2.49 bits per heavy atom. The molecule has 0 unspecified atom stereocenters. The fourth-order valence-corrected chi connectivity index (χ4v) is 4.67. The second-order valence-electron chi connectivity index (χ2n) is 8.59. The van der Waals surface area contributed by atoms with Gasteiger partial charge in [0.2, 0.25) is 0 Å². The molecule has 0 aromatic heterocycles. The highest BCUT2D eigenvalue weighted by molar-refractivity contribution is 6.40. The fourth-order valence-electron chi connectivity index (χ4n) is 3.78. The summed E-state index contributed by atoms with van der Waals surface area (Å²) in [7, 11) is 0. The number of carboxylic acid groups (broad SMARTS) is 1. The average Bonchev–Trinajstić information content (AvgIpc) is 2.83. The number of nitrogens with two attached hydrogens (primary N) is 2. The monoisotopic (exact) mass is 565 g/mol. The number of hydrogen-bond donors (Lipinski definition) is 4. The summed E-state index contributed by atoms with van der Waals surface area (Å²) in [6.07, 6.45) is 1.70. The van der Waals surface area contributed by atoms with Crippen molar-refractivity contribution in [2.24, 2.45) is 11.6 Å². The van der Waals surface area contributed by atoms with Gasteiger partial charge in [-0.25, -0.2) is 10.6 Å². The molecule has 0 saturated heterocycles. The van der Waals surface area contributed by atoms with E-state index in [1.165, 1.54) is 6.20 Å². The molecule has 0 bridgehead atoms. The van der Waals surface area contributed by atoms with Crippen molar-refractivity contribution in [1.82, 2.24) is 15.2 Å². The molecule has 2 amide bonds. The molecule has 0 spiro atoms. The third-order valence-electron chi connectivity index (χ3n) is 5.80. The lowest BCUT2D eigenvalue weighted by Crippen LogP contribution is -2.49. The molecular formula is C25H26Cl3N5O4. The largest absolute Gasteiger partial charge is 0.480 e. The predicted octanol–water partition coefficient (Wildman–Crippen LogP) is 3.58. The molecule has 12 heteroatoms. The normalized spacial score (nSPS) is 14.0. The van der Waals surface area contributed by atoms with Crippen molar-refractivity contribution in [2.45, 2.75) is 25.9 Å². The van der Waals surface area contributed by atoms with E-state index in [1.54, 1.807) is 42.2 Å². The Hall–Kier alpha value is -3.24. The summed E-state index contributed by atoms with van der Waals surface area (Å²) in [5, 5.41) is 13.7. The van der Waals surface area contributed by atoms with Gasteiger partial charge in [-0.1, -0.05) is 41.4 Å². The molecule has 1 aliphatic rings. The van der Waals surface area contributed by atoms with Crippen LogP contribution in [0.3, 0.4) is 0 Å². The maximum Gasteiger partial charge on any atom is 0.328 e. The molecule has 3 rings (SSSR count). The van der Waals surface area contributed by atoms with Crippen LogP contribution in [0.15, 0.2) is 54.4 Å². The molecule has 0 aliphatic carbocycles. The van der Waals surface area contributed by atoms with Gasteiger partial charge in [-0.3, -0.25) is 9.59 Å². The molecule has 6 N–H and O–H groups in total. The lowest BCUT2D eigenvalue weighted by molar-refractivity contribution is -0.139. The van der Waals surface area contributed by atoms with Crippen molar-refractivity contribution in [3.63, 3.8) is 0 Å². The van der Waals surface area contributed by atoms with E-state index < -0.39 is 17.9 Å². The summed E-state index contributed by atoms with van der Waals surface area (Å²) in [4.78, 5) is 39.4. The smallest absolute Gasteiger partial charge is 0.328 e. The number of carbonyl (C=O) groups excluding carboxylic acids is 2. The molecule has 1 aliphatic heterocycles. The number of aliphatic carboxylic acids is 1. The molecule has 0 saturated carbocycles. The van der Waals surface area contributed by atoms with E-state index in [0.29, 0.717) is 40.3 Å². The highest BCUT2D eigenvalue weighted by Gasteiger charge is 2.30. The minimum atomic E-state index is -1.39. The SMILES string of the molecule is C=C(C)/C(N)=C/N(N)C[C@H](NC(=O)c1c(Cl)cc2c(c1Cl)CCN(C(=O)c1ccc(Cl)cc1)C2)C(=O)O. The molecule has 9 nitrogen and oxygen atoms in total. The van der Waals surface area contributed by atoms with Crippen LogP contribution in [0.25, 0.3) is 0 Å². The predicted molar refractivity (Wildman–Crippen MR) is 143 cm³/mol. The van der Waals surface area contributed by atoms with Crippen molar-refractivity contribution in [3.8, 4) is 0 Å². The molecule has 0 radical (unpaired) electrons. The summed E-state index contributed by atoms with van der Waals surface area (Å²) >= 11 is 18.9. The molecule has 37 heavy (non-hydrogen) atoms. The van der Waals surface area contributed by atoms with E-state index in [0.717, 1.165) is 5.01 Å². The van der Waals surface area contributed by atoms with Crippen LogP contribution >= 0.6 is 34.8 Å². The Balaban J connectivity index is 1.79. The van der Waals surface area contributed by atoms with Crippen molar-refractivity contribution >= 4 is 52.6 Å². The van der Waals surface area contributed by atoms with Crippen LogP contribution in [0, 0.1) is 0 Å². The lowest BCUT2D eigenvalue weighted by Gasteiger charge is -2.30. The lowest BCUT2D eigenvalue weighted by atomic mass is 9.96. The Morgan fingerprint density at radius 2 is 1.89 bits per heavy atom. The minimum Gasteiger partial charge on any atom is -0.480 e. The number of nitrogens with one attached hydrogen (secondary N) is 1. The van der Waals surface area contributed by atoms with Gasteiger partial charge in [-0.05, 0) is 60.4 Å². The van der Waals surface area contributed by atoms with Crippen molar-refractivity contribution in [3.05, 3.63) is 91.7 Å². The number of amides is 2. The number of halogens is 3. The maximum absolute atomic E-state index is 13.1. The van der Waals surface area contributed by atoms with Crippen LogP contribution in [0.1, 0.15) is 38.8 Å². The Kier molecular flexibility index (Phi) is 9.09. The summed E-state index contributed by atoms with van der Waals surface area (Å²) in [5.74, 6) is 3.58. The summed E-state index contributed by atoms with van der Waals surface area (Å²) < 4.78 is 0. The Labute approximate surface area is 229 Å². The first-order chi connectivity index (χ1) is 17.4. The average molecular weight is 567 g/mol. The molecule has 1 heterocycles. The van der Waals surface area contributed by atoms with Gasteiger partial charge >= 0.3 is 5.97 Å². The van der Waals surface area contributed by atoms with Gasteiger partial charge in [0, 0.05) is 29.9 Å². The van der Waals surface area contributed by atoms with Crippen molar-refractivity contribution < 1.29 is 19.5 Å². The number of nitrogens with zero attached hydrogens (tertiary/aromatic N) is 2. The molecule has 196 valence electrons. The van der Waals surface area contributed by atoms with Gasteiger partial charge in [0.1, 0.15) is 6.04 Å². The number of carbonyl (C=O) groups is 3. The van der Waals surface area contributed by atoms with Crippen molar-refractivity contribution in [2.75, 3.05) is 13.1 Å². The summed E-state index contributed by atoms with van der Waals surface area (Å²) in [6.45, 7) is 5.68. The van der Waals surface area contributed by atoms with E-state index in [1.807, 2.05) is 0 Å². The van der Waals surface area contributed by atoms with Gasteiger partial charge in [0.15, 0.2) is 0 Å². The highest BCUT2D eigenvalue weighted by Crippen LogP contribution is 2.35. The fraction of sp³-hybridized carbons (Fsp3) is 0.240. The first kappa shape index (κ1) is 28.3. The Morgan fingerprint density at radius 1 is 1.24 bits per heavy atom. The van der Waals surface area contributed by atoms with E-state index in [4.69, 9.17) is 46.4 Å². The zero-order valence-corrected chi connectivity index (χ0v) is 22.2. The number of fused-ring (bicyclic) bond motifs is 1. The van der Waals surface area contributed by atoms with Crippen LogP contribution in [0.2, 0.25) is 15.1 Å². The first-order valence-electron chi connectivity index (χ1n) is 11.1. The van der Waals surface area contributed by atoms with Gasteiger partial charge in [0.05, 0.1) is 27.9 Å². The van der Waals surface area contributed by atoms with Gasteiger partial charge < -0.3 is 26.1 Å². The number of carboxylic acids is 1. The molecule has 2 aromatic carbocycles. The number of hydrazine groups is 1. The number of allylic oxidation sites excluding steroid dienone is 1. The van der Waals surface area contributed by atoms with Crippen molar-refractivity contribution in [1.29, 1.82) is 0 Å². The third kappa shape index (κ3) is 6.75. The van der Waals surface area contributed by atoms with E-state index >= 15 is 0 Å². The zero-order valence-electron chi connectivity index (χ0n) is 19.9. The second kappa shape index (κ2) is 11.9. The molecule has 2 aromatic rings. The zero-order chi connectivity index (χ0) is 27.4. The van der Waals surface area contributed by atoms with Crippen LogP contribution in [0.5, 0.6) is 0 Å². The number of benzene rings is 2.